The monoisotopic (exact) mass is 342 g/mol. The maximum Gasteiger partial charge on any atom is 0.258 e. The Bertz CT molecular complexity index is 1080. The third-order valence-corrected chi connectivity index (χ3v) is 5.45. The normalized spacial score (nSPS) is 11.6. The molecule has 0 aliphatic heterocycles. The van der Waals surface area contributed by atoms with E-state index in [2.05, 4.69) is 27.9 Å². The summed E-state index contributed by atoms with van der Waals surface area (Å²) in [6.07, 6.45) is 0. The first kappa shape index (κ1) is 14.5. The SMILES string of the molecule is Cc1ccc2nc(SCc3cc(=O)n4c(C)csc4n3)[nH]c2c1. The van der Waals surface area contributed by atoms with Crippen LogP contribution in [-0.2, 0) is 5.75 Å². The molecule has 0 unspecified atom stereocenters. The van der Waals surface area contributed by atoms with Gasteiger partial charge in [0.05, 0.1) is 16.7 Å². The molecule has 7 heteroatoms. The zero-order chi connectivity index (χ0) is 16.0. The molecule has 0 saturated heterocycles. The van der Waals surface area contributed by atoms with E-state index in [0.29, 0.717) is 5.75 Å². The number of nitrogens with zero attached hydrogens (tertiary/aromatic N) is 3. The molecule has 0 aliphatic carbocycles. The molecule has 0 amide bonds. The number of thioether (sulfide) groups is 1. The Balaban J connectivity index is 1.61. The molecular formula is C16H14N4OS2. The first-order valence-corrected chi connectivity index (χ1v) is 9.02. The van der Waals surface area contributed by atoms with Crippen molar-refractivity contribution in [3.63, 3.8) is 0 Å². The number of benzene rings is 1. The van der Waals surface area contributed by atoms with Crippen molar-refractivity contribution in [1.82, 2.24) is 19.4 Å². The maximum atomic E-state index is 12.2. The van der Waals surface area contributed by atoms with E-state index in [9.17, 15) is 4.79 Å². The fourth-order valence-corrected chi connectivity index (χ4v) is 4.15. The minimum absolute atomic E-state index is 0.0235. The Morgan fingerprint density at radius 2 is 2.13 bits per heavy atom. The average Bonchev–Trinajstić information content (AvgIpc) is 3.08. The van der Waals surface area contributed by atoms with Gasteiger partial charge in [0, 0.05) is 22.9 Å². The van der Waals surface area contributed by atoms with Gasteiger partial charge in [-0.25, -0.2) is 9.97 Å². The summed E-state index contributed by atoms with van der Waals surface area (Å²) in [5.41, 5.74) is 4.86. The van der Waals surface area contributed by atoms with Crippen LogP contribution in [0.25, 0.3) is 16.0 Å². The van der Waals surface area contributed by atoms with Crippen LogP contribution < -0.4 is 5.56 Å². The molecule has 0 fully saturated rings. The number of thiazole rings is 1. The van der Waals surface area contributed by atoms with E-state index >= 15 is 0 Å². The van der Waals surface area contributed by atoms with Gasteiger partial charge in [-0.3, -0.25) is 9.20 Å². The van der Waals surface area contributed by atoms with Crippen LogP contribution in [0.2, 0.25) is 0 Å². The van der Waals surface area contributed by atoms with Crippen LogP contribution in [0.4, 0.5) is 0 Å². The number of aromatic amines is 1. The second-order valence-corrected chi connectivity index (χ2v) is 7.23. The molecule has 0 aliphatic rings. The highest BCUT2D eigenvalue weighted by Crippen LogP contribution is 2.23. The Hall–Kier alpha value is -2.12. The Morgan fingerprint density at radius 1 is 1.26 bits per heavy atom. The van der Waals surface area contributed by atoms with Crippen molar-refractivity contribution in [2.45, 2.75) is 24.8 Å². The van der Waals surface area contributed by atoms with E-state index in [1.54, 1.807) is 22.2 Å². The lowest BCUT2D eigenvalue weighted by Gasteiger charge is -2.00. The quantitative estimate of drug-likeness (QED) is 0.579. The molecular weight excluding hydrogens is 328 g/mol. The number of nitrogens with one attached hydrogen (secondary N) is 1. The van der Waals surface area contributed by atoms with E-state index in [1.807, 2.05) is 24.4 Å². The van der Waals surface area contributed by atoms with Gasteiger partial charge < -0.3 is 4.98 Å². The summed E-state index contributed by atoms with van der Waals surface area (Å²) < 4.78 is 1.64. The molecule has 4 rings (SSSR count). The van der Waals surface area contributed by atoms with Crippen LogP contribution in [0.15, 0.2) is 39.6 Å². The van der Waals surface area contributed by atoms with Gasteiger partial charge in [-0.2, -0.15) is 0 Å². The highest BCUT2D eigenvalue weighted by Gasteiger charge is 2.08. The van der Waals surface area contributed by atoms with Gasteiger partial charge in [-0.05, 0) is 31.5 Å². The van der Waals surface area contributed by atoms with Crippen LogP contribution in [0.1, 0.15) is 17.0 Å². The third kappa shape index (κ3) is 2.66. The molecule has 0 bridgehead atoms. The standard InChI is InChI=1S/C16H14N4OS2/c1-9-3-4-12-13(5-9)19-15(18-12)22-8-11-6-14(21)20-10(2)7-23-16(20)17-11/h3-7H,8H2,1-2H3,(H,18,19). The number of aromatic nitrogens is 4. The van der Waals surface area contributed by atoms with Gasteiger partial charge in [0.25, 0.3) is 5.56 Å². The zero-order valence-electron chi connectivity index (χ0n) is 12.7. The summed E-state index contributed by atoms with van der Waals surface area (Å²) in [6, 6.07) is 7.74. The second-order valence-electron chi connectivity index (χ2n) is 5.43. The van der Waals surface area contributed by atoms with E-state index in [0.717, 1.165) is 32.5 Å². The van der Waals surface area contributed by atoms with Crippen LogP contribution in [0.5, 0.6) is 0 Å². The summed E-state index contributed by atoms with van der Waals surface area (Å²) in [5, 5.41) is 2.79. The van der Waals surface area contributed by atoms with Gasteiger partial charge in [0.1, 0.15) is 0 Å². The van der Waals surface area contributed by atoms with E-state index < -0.39 is 0 Å². The molecule has 0 radical (unpaired) electrons. The predicted molar refractivity (Wildman–Crippen MR) is 94.5 cm³/mol. The van der Waals surface area contributed by atoms with Crippen molar-refractivity contribution in [3.8, 4) is 0 Å². The van der Waals surface area contributed by atoms with E-state index in [-0.39, 0.29) is 5.56 Å². The van der Waals surface area contributed by atoms with Crippen molar-refractivity contribution in [2.75, 3.05) is 0 Å². The molecule has 3 heterocycles. The Kier molecular flexibility index (Phi) is 3.46. The van der Waals surface area contributed by atoms with Gasteiger partial charge in [0.2, 0.25) is 0 Å². The highest BCUT2D eigenvalue weighted by molar-refractivity contribution is 7.98. The van der Waals surface area contributed by atoms with Gasteiger partial charge in [0.15, 0.2) is 10.1 Å². The smallest absolute Gasteiger partial charge is 0.258 e. The molecule has 0 spiro atoms. The van der Waals surface area contributed by atoms with E-state index in [1.165, 1.54) is 16.9 Å². The Morgan fingerprint density at radius 3 is 3.00 bits per heavy atom. The minimum atomic E-state index is -0.0235. The van der Waals surface area contributed by atoms with Crippen molar-refractivity contribution >= 4 is 39.1 Å². The first-order valence-electron chi connectivity index (χ1n) is 7.16. The summed E-state index contributed by atoms with van der Waals surface area (Å²) in [6.45, 7) is 3.97. The molecule has 5 nitrogen and oxygen atoms in total. The van der Waals surface area contributed by atoms with Crippen molar-refractivity contribution in [3.05, 3.63) is 57.0 Å². The van der Waals surface area contributed by atoms with Crippen LogP contribution >= 0.6 is 23.1 Å². The van der Waals surface area contributed by atoms with Crippen molar-refractivity contribution < 1.29 is 0 Å². The van der Waals surface area contributed by atoms with Gasteiger partial charge in [-0.15, -0.1) is 11.3 Å². The number of aryl methyl sites for hydroxylation is 2. The van der Waals surface area contributed by atoms with Crippen LogP contribution in [0, 0.1) is 13.8 Å². The average molecular weight is 342 g/mol. The molecule has 0 saturated carbocycles. The lowest BCUT2D eigenvalue weighted by atomic mass is 10.2. The highest BCUT2D eigenvalue weighted by atomic mass is 32.2. The molecule has 116 valence electrons. The molecule has 4 aromatic rings. The lowest BCUT2D eigenvalue weighted by Crippen LogP contribution is -2.14. The summed E-state index contributed by atoms with van der Waals surface area (Å²) in [7, 11) is 0. The van der Waals surface area contributed by atoms with Crippen LogP contribution in [-0.4, -0.2) is 19.4 Å². The fourth-order valence-electron chi connectivity index (χ4n) is 2.49. The second kappa shape index (κ2) is 5.50. The molecule has 1 N–H and O–H groups in total. The summed E-state index contributed by atoms with van der Waals surface area (Å²) in [5.74, 6) is 0.613. The maximum absolute atomic E-state index is 12.2. The molecule has 3 aromatic heterocycles. The number of imidazole rings is 1. The molecule has 1 aromatic carbocycles. The van der Waals surface area contributed by atoms with Crippen LogP contribution in [0.3, 0.4) is 0 Å². The minimum Gasteiger partial charge on any atom is -0.333 e. The van der Waals surface area contributed by atoms with Crippen molar-refractivity contribution in [1.29, 1.82) is 0 Å². The Labute approximate surface area is 140 Å². The number of hydrogen-bond donors (Lipinski definition) is 1. The molecule has 0 atom stereocenters. The first-order chi connectivity index (χ1) is 11.1. The number of fused-ring (bicyclic) bond motifs is 2. The third-order valence-electron chi connectivity index (χ3n) is 3.60. The van der Waals surface area contributed by atoms with Gasteiger partial charge in [-0.1, -0.05) is 17.8 Å². The number of hydrogen-bond acceptors (Lipinski definition) is 5. The summed E-state index contributed by atoms with van der Waals surface area (Å²) >= 11 is 3.04. The summed E-state index contributed by atoms with van der Waals surface area (Å²) in [4.78, 5) is 25.3. The largest absolute Gasteiger partial charge is 0.333 e. The number of rotatable bonds is 3. The fraction of sp³-hybridized carbons (Fsp3) is 0.188. The van der Waals surface area contributed by atoms with Crippen molar-refractivity contribution in [2.24, 2.45) is 0 Å². The van der Waals surface area contributed by atoms with E-state index in [4.69, 9.17) is 0 Å². The zero-order valence-corrected chi connectivity index (χ0v) is 14.3. The van der Waals surface area contributed by atoms with Gasteiger partial charge >= 0.3 is 0 Å². The lowest BCUT2D eigenvalue weighted by molar-refractivity contribution is 0.994. The topological polar surface area (TPSA) is 63.1 Å². The predicted octanol–water partition coefficient (Wildman–Crippen LogP) is 3.54. The number of H-pyrrole nitrogens is 1. The molecule has 23 heavy (non-hydrogen) atoms.